The van der Waals surface area contributed by atoms with Crippen LogP contribution in [0.3, 0.4) is 0 Å². The minimum absolute atomic E-state index is 0.222. The molecule has 0 unspecified atom stereocenters. The fraction of sp³-hybridized carbons (Fsp3) is 0.588. The molecule has 0 saturated carbocycles. The molecule has 1 aromatic rings. The van der Waals surface area contributed by atoms with Gasteiger partial charge in [-0.3, -0.25) is 0 Å². The largest absolute Gasteiger partial charge is 0.444 e. The molecule has 5 nitrogen and oxygen atoms in total. The summed E-state index contributed by atoms with van der Waals surface area (Å²) in [4.78, 5) is 16.2. The molecule has 1 fully saturated rings. The van der Waals surface area contributed by atoms with E-state index in [0.29, 0.717) is 13.1 Å². The smallest absolute Gasteiger partial charge is 0.410 e. The third kappa shape index (κ3) is 4.06. The van der Waals surface area contributed by atoms with Gasteiger partial charge in [0.25, 0.3) is 0 Å². The van der Waals surface area contributed by atoms with Crippen molar-refractivity contribution < 1.29 is 9.53 Å². The van der Waals surface area contributed by atoms with Gasteiger partial charge < -0.3 is 20.3 Å². The van der Waals surface area contributed by atoms with Crippen LogP contribution in [0.25, 0.3) is 0 Å². The van der Waals surface area contributed by atoms with Gasteiger partial charge in [0.1, 0.15) is 5.60 Å². The Hall–Kier alpha value is -1.91. The number of hydrogen-bond donors (Lipinski definition) is 1. The Bertz CT molecular complexity index is 529. The number of rotatable bonds is 2. The number of carbonyl (C=O) groups excluding carboxylic acids is 1. The molecular weight excluding hydrogens is 278 g/mol. The quantitative estimate of drug-likeness (QED) is 0.854. The third-order valence-electron chi connectivity index (χ3n) is 3.76. The summed E-state index contributed by atoms with van der Waals surface area (Å²) >= 11 is 0. The number of benzene rings is 1. The molecule has 0 aromatic heterocycles. The summed E-state index contributed by atoms with van der Waals surface area (Å²) in [5, 5.41) is 0. The van der Waals surface area contributed by atoms with E-state index in [2.05, 4.69) is 17.9 Å². The van der Waals surface area contributed by atoms with Crippen LogP contribution in [0.2, 0.25) is 0 Å². The Morgan fingerprint density at radius 3 is 2.41 bits per heavy atom. The van der Waals surface area contributed by atoms with E-state index >= 15 is 0 Å². The van der Waals surface area contributed by atoms with E-state index in [1.165, 1.54) is 11.3 Å². The first-order valence-corrected chi connectivity index (χ1v) is 7.91. The lowest BCUT2D eigenvalue weighted by molar-refractivity contribution is 0.0240. The van der Waals surface area contributed by atoms with E-state index in [4.69, 9.17) is 10.5 Å². The predicted octanol–water partition coefficient (Wildman–Crippen LogP) is 2.89. The summed E-state index contributed by atoms with van der Waals surface area (Å²) in [6.07, 6.45) is 0.729. The fourth-order valence-corrected chi connectivity index (χ4v) is 2.65. The van der Waals surface area contributed by atoms with Crippen LogP contribution in [0.15, 0.2) is 18.2 Å². The summed E-state index contributed by atoms with van der Waals surface area (Å²) in [6.45, 7) is 10.8. The Labute approximate surface area is 133 Å². The number of ether oxygens (including phenoxy) is 1. The molecule has 1 heterocycles. The van der Waals surface area contributed by atoms with E-state index in [9.17, 15) is 4.79 Å². The summed E-state index contributed by atoms with van der Waals surface area (Å²) < 4.78 is 5.43. The lowest BCUT2D eigenvalue weighted by atomic mass is 10.1. The van der Waals surface area contributed by atoms with Crippen molar-refractivity contribution >= 4 is 17.5 Å². The van der Waals surface area contributed by atoms with E-state index in [1.54, 1.807) is 4.90 Å². The Kier molecular flexibility index (Phi) is 4.84. The van der Waals surface area contributed by atoms with Gasteiger partial charge in [-0.25, -0.2) is 4.79 Å². The fourth-order valence-electron chi connectivity index (χ4n) is 2.65. The SMILES string of the molecule is CCc1cc(N)ccc1N1CCN(C(=O)OC(C)(C)C)CC1. The van der Waals surface area contributed by atoms with Gasteiger partial charge in [-0.05, 0) is 51.0 Å². The zero-order valence-corrected chi connectivity index (χ0v) is 14.1. The van der Waals surface area contributed by atoms with Crippen LogP contribution in [0.5, 0.6) is 0 Å². The maximum absolute atomic E-state index is 12.1. The highest BCUT2D eigenvalue weighted by molar-refractivity contribution is 5.69. The van der Waals surface area contributed by atoms with E-state index in [0.717, 1.165) is 25.2 Å². The van der Waals surface area contributed by atoms with Crippen molar-refractivity contribution in [3.8, 4) is 0 Å². The zero-order valence-electron chi connectivity index (χ0n) is 14.1. The number of hydrogen-bond acceptors (Lipinski definition) is 4. The molecule has 0 atom stereocenters. The van der Waals surface area contributed by atoms with Gasteiger partial charge in [-0.2, -0.15) is 0 Å². The van der Waals surface area contributed by atoms with Crippen LogP contribution in [-0.4, -0.2) is 42.8 Å². The van der Waals surface area contributed by atoms with Crippen molar-refractivity contribution in [2.24, 2.45) is 0 Å². The van der Waals surface area contributed by atoms with Gasteiger partial charge in [0.15, 0.2) is 0 Å². The molecule has 5 heteroatoms. The number of nitrogens with zero attached hydrogens (tertiary/aromatic N) is 2. The lowest BCUT2D eigenvalue weighted by Crippen LogP contribution is -2.50. The molecule has 122 valence electrons. The highest BCUT2D eigenvalue weighted by Gasteiger charge is 2.26. The highest BCUT2D eigenvalue weighted by Crippen LogP contribution is 2.25. The number of amides is 1. The van der Waals surface area contributed by atoms with Crippen LogP contribution in [0.4, 0.5) is 16.2 Å². The first kappa shape index (κ1) is 16.5. The van der Waals surface area contributed by atoms with Gasteiger partial charge in [-0.1, -0.05) is 6.92 Å². The number of nitrogen functional groups attached to an aromatic ring is 1. The number of nitrogens with two attached hydrogens (primary N) is 1. The van der Waals surface area contributed by atoms with Crippen molar-refractivity contribution in [2.75, 3.05) is 36.8 Å². The summed E-state index contributed by atoms with van der Waals surface area (Å²) in [7, 11) is 0. The third-order valence-corrected chi connectivity index (χ3v) is 3.76. The van der Waals surface area contributed by atoms with Gasteiger partial charge in [0.2, 0.25) is 0 Å². The maximum atomic E-state index is 12.1. The molecule has 1 aliphatic heterocycles. The van der Waals surface area contributed by atoms with Gasteiger partial charge >= 0.3 is 6.09 Å². The van der Waals surface area contributed by atoms with Crippen LogP contribution < -0.4 is 10.6 Å². The molecule has 22 heavy (non-hydrogen) atoms. The first-order chi connectivity index (χ1) is 10.3. The van der Waals surface area contributed by atoms with Crippen LogP contribution in [0.1, 0.15) is 33.3 Å². The predicted molar refractivity (Wildman–Crippen MR) is 90.3 cm³/mol. The van der Waals surface area contributed by atoms with Crippen LogP contribution >= 0.6 is 0 Å². The Balaban J connectivity index is 1.99. The van der Waals surface area contributed by atoms with Gasteiger partial charge in [0.05, 0.1) is 0 Å². The minimum Gasteiger partial charge on any atom is -0.444 e. The van der Waals surface area contributed by atoms with Crippen molar-refractivity contribution in [1.29, 1.82) is 0 Å². The maximum Gasteiger partial charge on any atom is 0.410 e. The number of aryl methyl sites for hydroxylation is 1. The molecule has 2 N–H and O–H groups in total. The zero-order chi connectivity index (χ0) is 16.3. The second-order valence-corrected chi connectivity index (χ2v) is 6.70. The highest BCUT2D eigenvalue weighted by atomic mass is 16.6. The number of carbonyl (C=O) groups is 1. The van der Waals surface area contributed by atoms with E-state index in [1.807, 2.05) is 32.9 Å². The lowest BCUT2D eigenvalue weighted by Gasteiger charge is -2.37. The molecule has 1 amide bonds. The standard InChI is InChI=1S/C17H27N3O2/c1-5-13-12-14(18)6-7-15(13)19-8-10-20(11-9-19)16(21)22-17(2,3)4/h6-7,12H,5,8-11,18H2,1-4H3. The molecule has 0 aliphatic carbocycles. The van der Waals surface area contributed by atoms with Gasteiger partial charge in [-0.15, -0.1) is 0 Å². The molecule has 1 aliphatic rings. The first-order valence-electron chi connectivity index (χ1n) is 7.91. The normalized spacial score (nSPS) is 15.8. The second kappa shape index (κ2) is 6.46. The number of anilines is 2. The monoisotopic (exact) mass is 305 g/mol. The molecule has 0 spiro atoms. The van der Waals surface area contributed by atoms with E-state index in [-0.39, 0.29) is 6.09 Å². The van der Waals surface area contributed by atoms with Crippen molar-refractivity contribution in [2.45, 2.75) is 39.7 Å². The Morgan fingerprint density at radius 2 is 1.86 bits per heavy atom. The molecule has 0 radical (unpaired) electrons. The van der Waals surface area contributed by atoms with Crippen molar-refractivity contribution in [3.05, 3.63) is 23.8 Å². The van der Waals surface area contributed by atoms with Crippen molar-refractivity contribution in [3.63, 3.8) is 0 Å². The molecule has 1 aromatic carbocycles. The minimum atomic E-state index is -0.444. The van der Waals surface area contributed by atoms with E-state index < -0.39 is 5.60 Å². The van der Waals surface area contributed by atoms with Crippen LogP contribution in [0, 0.1) is 0 Å². The molecule has 2 rings (SSSR count). The van der Waals surface area contributed by atoms with Crippen LogP contribution in [-0.2, 0) is 11.2 Å². The topological polar surface area (TPSA) is 58.8 Å². The average Bonchev–Trinajstić information content (AvgIpc) is 2.45. The molecule has 0 bridgehead atoms. The molecule has 1 saturated heterocycles. The summed E-state index contributed by atoms with van der Waals surface area (Å²) in [5.41, 5.74) is 8.70. The average molecular weight is 305 g/mol. The second-order valence-electron chi connectivity index (χ2n) is 6.70. The van der Waals surface area contributed by atoms with Gasteiger partial charge in [0, 0.05) is 37.6 Å². The summed E-state index contributed by atoms with van der Waals surface area (Å²) in [6, 6.07) is 6.06. The Morgan fingerprint density at radius 1 is 1.23 bits per heavy atom. The van der Waals surface area contributed by atoms with Crippen molar-refractivity contribution in [1.82, 2.24) is 4.90 Å². The summed E-state index contributed by atoms with van der Waals surface area (Å²) in [5.74, 6) is 0. The number of piperazine rings is 1. The molecular formula is C17H27N3O2.